The van der Waals surface area contributed by atoms with E-state index in [1.807, 2.05) is 0 Å². The standard InChI is InChI=1S/2C7H6O3/c2*8-7(10-9)6-4-2-1-3-5-6/h2*1-5,9H. The van der Waals surface area contributed by atoms with Crippen molar-refractivity contribution in [2.24, 2.45) is 0 Å². The Morgan fingerprint density at radius 3 is 1.20 bits per heavy atom. The van der Waals surface area contributed by atoms with Gasteiger partial charge in [-0.3, -0.25) is 9.78 Å². The Hall–Kier alpha value is -2.70. The third-order valence-corrected chi connectivity index (χ3v) is 2.18. The molecule has 0 aliphatic rings. The normalized spacial score (nSPS) is 8.90. The van der Waals surface area contributed by atoms with E-state index in [1.165, 1.54) is 0 Å². The van der Waals surface area contributed by atoms with Crippen molar-refractivity contribution in [3.05, 3.63) is 71.8 Å². The number of benzene rings is 2. The second kappa shape index (κ2) is 8.41. The highest BCUT2D eigenvalue weighted by molar-refractivity contribution is 5.89. The molecule has 6 heteroatoms. The van der Waals surface area contributed by atoms with Gasteiger partial charge in [0.25, 0.3) is 0 Å². The molecule has 0 spiro atoms. The summed E-state index contributed by atoms with van der Waals surface area (Å²) in [5, 5.41) is 15.9. The quantitative estimate of drug-likeness (QED) is 0.647. The zero-order valence-corrected chi connectivity index (χ0v) is 10.3. The Labute approximate surface area is 114 Å². The number of rotatable bonds is 2. The molecule has 0 bridgehead atoms. The van der Waals surface area contributed by atoms with Gasteiger partial charge in [0.15, 0.2) is 0 Å². The van der Waals surface area contributed by atoms with Crippen LogP contribution >= 0.6 is 0 Å². The number of hydrogen-bond acceptors (Lipinski definition) is 6. The first-order chi connectivity index (χ1) is 9.69. The van der Waals surface area contributed by atoms with E-state index in [0.717, 1.165) is 0 Å². The summed E-state index contributed by atoms with van der Waals surface area (Å²) in [6.07, 6.45) is 0. The molecule has 0 unspecified atom stereocenters. The molecule has 0 heterocycles. The SMILES string of the molecule is O=C(OO)c1ccccc1.O=C(OO)c1ccccc1. The Kier molecular flexibility index (Phi) is 6.46. The lowest BCUT2D eigenvalue weighted by Crippen LogP contribution is -2.00. The molecule has 2 N–H and O–H groups in total. The van der Waals surface area contributed by atoms with Gasteiger partial charge in [0, 0.05) is 0 Å². The first kappa shape index (κ1) is 15.4. The fraction of sp³-hybridized carbons (Fsp3) is 0. The average Bonchev–Trinajstić information content (AvgIpc) is 2.55. The van der Waals surface area contributed by atoms with Crippen LogP contribution in [0, 0.1) is 0 Å². The smallest absolute Gasteiger partial charge is 0.296 e. The second-order valence-electron chi connectivity index (χ2n) is 3.49. The van der Waals surface area contributed by atoms with E-state index in [0.29, 0.717) is 11.1 Å². The molecule has 0 aliphatic heterocycles. The first-order valence-electron chi connectivity index (χ1n) is 5.50. The van der Waals surface area contributed by atoms with Crippen LogP contribution in [0.25, 0.3) is 0 Å². The van der Waals surface area contributed by atoms with E-state index in [2.05, 4.69) is 9.78 Å². The molecule has 0 saturated heterocycles. The Balaban J connectivity index is 0.000000200. The molecular formula is C14H12O6. The topological polar surface area (TPSA) is 93.1 Å². The number of carbonyl (C=O) groups is 2. The van der Waals surface area contributed by atoms with Gasteiger partial charge in [0.05, 0.1) is 11.1 Å². The summed E-state index contributed by atoms with van der Waals surface area (Å²) in [7, 11) is 0. The van der Waals surface area contributed by atoms with Crippen LogP contribution < -0.4 is 0 Å². The molecule has 6 nitrogen and oxygen atoms in total. The summed E-state index contributed by atoms with van der Waals surface area (Å²) < 4.78 is 0. The van der Waals surface area contributed by atoms with Gasteiger partial charge >= 0.3 is 11.9 Å². The van der Waals surface area contributed by atoms with E-state index >= 15 is 0 Å². The number of carbonyl (C=O) groups excluding carboxylic acids is 2. The van der Waals surface area contributed by atoms with Crippen LogP contribution in [-0.4, -0.2) is 22.5 Å². The fourth-order valence-electron chi connectivity index (χ4n) is 1.25. The molecule has 104 valence electrons. The van der Waals surface area contributed by atoms with Gasteiger partial charge in [-0.1, -0.05) is 36.4 Å². The fourth-order valence-corrected chi connectivity index (χ4v) is 1.25. The van der Waals surface area contributed by atoms with Gasteiger partial charge in [-0.05, 0) is 24.3 Å². The van der Waals surface area contributed by atoms with E-state index in [1.54, 1.807) is 60.7 Å². The molecule has 0 radical (unpaired) electrons. The summed E-state index contributed by atoms with van der Waals surface area (Å²) in [5.74, 6) is -1.47. The van der Waals surface area contributed by atoms with Crippen molar-refractivity contribution >= 4 is 11.9 Å². The Morgan fingerprint density at radius 1 is 0.650 bits per heavy atom. The van der Waals surface area contributed by atoms with Crippen LogP contribution in [0.4, 0.5) is 0 Å². The van der Waals surface area contributed by atoms with E-state index in [-0.39, 0.29) is 0 Å². The van der Waals surface area contributed by atoms with Gasteiger partial charge < -0.3 is 0 Å². The van der Waals surface area contributed by atoms with Crippen molar-refractivity contribution in [2.45, 2.75) is 0 Å². The lowest BCUT2D eigenvalue weighted by Gasteiger charge is -1.92. The molecular weight excluding hydrogens is 264 g/mol. The third-order valence-electron chi connectivity index (χ3n) is 2.18. The summed E-state index contributed by atoms with van der Waals surface area (Å²) in [5.41, 5.74) is 0.676. The molecule has 0 aromatic heterocycles. The van der Waals surface area contributed by atoms with Crippen LogP contribution in [0.15, 0.2) is 60.7 Å². The van der Waals surface area contributed by atoms with Gasteiger partial charge in [0.1, 0.15) is 0 Å². The molecule has 2 rings (SSSR count). The summed E-state index contributed by atoms with van der Waals surface area (Å²) in [6.45, 7) is 0. The minimum atomic E-state index is -0.736. The Bertz CT molecular complexity index is 487. The monoisotopic (exact) mass is 276 g/mol. The van der Waals surface area contributed by atoms with Crippen LogP contribution in [0.2, 0.25) is 0 Å². The van der Waals surface area contributed by atoms with Crippen molar-refractivity contribution in [1.82, 2.24) is 0 Å². The molecule has 2 aromatic carbocycles. The first-order valence-corrected chi connectivity index (χ1v) is 5.50. The maximum absolute atomic E-state index is 10.5. The van der Waals surface area contributed by atoms with Gasteiger partial charge in [0.2, 0.25) is 0 Å². The molecule has 2 aromatic rings. The van der Waals surface area contributed by atoms with Crippen LogP contribution in [0.1, 0.15) is 20.7 Å². The zero-order chi connectivity index (χ0) is 14.8. The molecule has 20 heavy (non-hydrogen) atoms. The summed E-state index contributed by atoms with van der Waals surface area (Å²) in [4.78, 5) is 28.1. The van der Waals surface area contributed by atoms with Crippen molar-refractivity contribution in [3.8, 4) is 0 Å². The molecule has 0 aliphatic carbocycles. The predicted molar refractivity (Wildman–Crippen MR) is 69.0 cm³/mol. The lowest BCUT2D eigenvalue weighted by molar-refractivity contribution is -0.182. The van der Waals surface area contributed by atoms with Crippen LogP contribution in [0.5, 0.6) is 0 Å². The highest BCUT2D eigenvalue weighted by atomic mass is 17.1. The average molecular weight is 276 g/mol. The largest absolute Gasteiger partial charge is 0.372 e. The predicted octanol–water partition coefficient (Wildman–Crippen LogP) is 2.63. The minimum absolute atomic E-state index is 0.338. The highest BCUT2D eigenvalue weighted by Crippen LogP contribution is 1.99. The molecule has 0 amide bonds. The second-order valence-corrected chi connectivity index (χ2v) is 3.49. The van der Waals surface area contributed by atoms with Gasteiger partial charge in [-0.2, -0.15) is 10.5 Å². The zero-order valence-electron chi connectivity index (χ0n) is 10.3. The van der Waals surface area contributed by atoms with Crippen molar-refractivity contribution in [1.29, 1.82) is 0 Å². The van der Waals surface area contributed by atoms with Crippen LogP contribution in [-0.2, 0) is 9.78 Å². The van der Waals surface area contributed by atoms with Crippen LogP contribution in [0.3, 0.4) is 0 Å². The summed E-state index contributed by atoms with van der Waals surface area (Å²) >= 11 is 0. The maximum atomic E-state index is 10.5. The Morgan fingerprint density at radius 2 is 0.950 bits per heavy atom. The van der Waals surface area contributed by atoms with Gasteiger partial charge in [-0.25, -0.2) is 9.59 Å². The third kappa shape index (κ3) is 4.89. The van der Waals surface area contributed by atoms with Crippen molar-refractivity contribution in [2.75, 3.05) is 0 Å². The van der Waals surface area contributed by atoms with Crippen molar-refractivity contribution < 1.29 is 29.9 Å². The van der Waals surface area contributed by atoms with E-state index in [4.69, 9.17) is 10.5 Å². The summed E-state index contributed by atoms with van der Waals surface area (Å²) in [6, 6.07) is 16.5. The highest BCUT2D eigenvalue weighted by Gasteiger charge is 2.03. The minimum Gasteiger partial charge on any atom is -0.296 e. The molecule has 0 fully saturated rings. The molecule has 0 saturated carbocycles. The number of hydrogen-bond donors (Lipinski definition) is 2. The van der Waals surface area contributed by atoms with Gasteiger partial charge in [-0.15, -0.1) is 0 Å². The maximum Gasteiger partial charge on any atom is 0.372 e. The van der Waals surface area contributed by atoms with Crippen molar-refractivity contribution in [3.63, 3.8) is 0 Å². The van der Waals surface area contributed by atoms with E-state index in [9.17, 15) is 9.59 Å². The molecule has 0 atom stereocenters. The van der Waals surface area contributed by atoms with E-state index < -0.39 is 11.9 Å². The lowest BCUT2D eigenvalue weighted by atomic mass is 10.2.